The Morgan fingerprint density at radius 1 is 1.62 bits per heavy atom. The molecule has 1 heterocycles. The molecule has 72 valence electrons. The van der Waals surface area contributed by atoms with Gasteiger partial charge in [0.05, 0.1) is 13.2 Å². The van der Waals surface area contributed by atoms with Crippen LogP contribution in [0.2, 0.25) is 0 Å². The van der Waals surface area contributed by atoms with E-state index < -0.39 is 6.10 Å². The molecule has 1 rings (SSSR count). The van der Waals surface area contributed by atoms with E-state index in [1.165, 1.54) is 0 Å². The van der Waals surface area contributed by atoms with Gasteiger partial charge in [-0.3, -0.25) is 0 Å². The summed E-state index contributed by atoms with van der Waals surface area (Å²) in [5.41, 5.74) is 1.80. The lowest BCUT2D eigenvalue weighted by Gasteiger charge is -2.09. The molecule has 0 bridgehead atoms. The fourth-order valence-corrected chi connectivity index (χ4v) is 1.22. The molecule has 0 aromatic carbocycles. The van der Waals surface area contributed by atoms with Crippen molar-refractivity contribution in [3.8, 4) is 5.88 Å². The number of pyridine rings is 1. The number of aliphatic hydroxyl groups is 1. The first-order chi connectivity index (χ1) is 6.19. The molecule has 13 heavy (non-hydrogen) atoms. The molecule has 0 spiro atoms. The van der Waals surface area contributed by atoms with Crippen LogP contribution in [0.3, 0.4) is 0 Å². The number of aromatic nitrogens is 1. The van der Waals surface area contributed by atoms with E-state index in [1.807, 2.05) is 19.9 Å². The summed E-state index contributed by atoms with van der Waals surface area (Å²) in [5.74, 6) is 0.618. The minimum absolute atomic E-state index is 0.419. The Labute approximate surface area is 78.4 Å². The summed E-state index contributed by atoms with van der Waals surface area (Å²) in [6.07, 6.45) is 1.94. The second kappa shape index (κ2) is 4.23. The minimum Gasteiger partial charge on any atom is -0.481 e. The van der Waals surface area contributed by atoms with Gasteiger partial charge in [0.1, 0.15) is 0 Å². The molecular formula is C10H15NO2. The van der Waals surface area contributed by atoms with E-state index in [0.717, 1.165) is 11.1 Å². The summed E-state index contributed by atoms with van der Waals surface area (Å²) >= 11 is 0. The lowest BCUT2D eigenvalue weighted by molar-refractivity contribution is 0.173. The van der Waals surface area contributed by atoms with Gasteiger partial charge in [-0.1, -0.05) is 6.92 Å². The Kier molecular flexibility index (Phi) is 3.25. The van der Waals surface area contributed by atoms with E-state index in [-0.39, 0.29) is 0 Å². The van der Waals surface area contributed by atoms with Crippen molar-refractivity contribution in [1.82, 2.24) is 4.98 Å². The van der Waals surface area contributed by atoms with Crippen LogP contribution in [-0.4, -0.2) is 17.2 Å². The lowest BCUT2D eigenvalue weighted by atomic mass is 10.1. The highest BCUT2D eigenvalue weighted by molar-refractivity contribution is 5.29. The number of nitrogens with zero attached hydrogens (tertiary/aromatic N) is 1. The highest BCUT2D eigenvalue weighted by Gasteiger charge is 2.07. The average Bonchev–Trinajstić information content (AvgIpc) is 2.16. The summed E-state index contributed by atoms with van der Waals surface area (Å²) in [4.78, 5) is 4.08. The zero-order valence-corrected chi connectivity index (χ0v) is 8.24. The Balaban J connectivity index is 2.95. The van der Waals surface area contributed by atoms with Gasteiger partial charge in [-0.05, 0) is 25.0 Å². The fraction of sp³-hybridized carbons (Fsp3) is 0.500. The van der Waals surface area contributed by atoms with E-state index in [9.17, 15) is 5.11 Å². The predicted molar refractivity (Wildman–Crippen MR) is 50.8 cm³/mol. The summed E-state index contributed by atoms with van der Waals surface area (Å²) in [6, 6.07) is 1.90. The first kappa shape index (κ1) is 9.99. The van der Waals surface area contributed by atoms with Crippen LogP contribution in [-0.2, 0) is 0 Å². The van der Waals surface area contributed by atoms with E-state index in [0.29, 0.717) is 12.3 Å². The zero-order chi connectivity index (χ0) is 9.84. The number of ether oxygens (including phenoxy) is 1. The normalized spacial score (nSPS) is 12.6. The molecule has 0 saturated carbocycles. The molecule has 0 amide bonds. The zero-order valence-electron chi connectivity index (χ0n) is 8.24. The molecule has 1 atom stereocenters. The van der Waals surface area contributed by atoms with Crippen LogP contribution in [0.25, 0.3) is 0 Å². The van der Waals surface area contributed by atoms with Crippen molar-refractivity contribution < 1.29 is 9.84 Å². The van der Waals surface area contributed by atoms with Crippen molar-refractivity contribution in [3.05, 3.63) is 23.4 Å². The number of rotatable bonds is 3. The van der Waals surface area contributed by atoms with Crippen LogP contribution in [0.1, 0.15) is 30.6 Å². The molecule has 0 aliphatic carbocycles. The average molecular weight is 181 g/mol. The monoisotopic (exact) mass is 181 g/mol. The maximum Gasteiger partial charge on any atom is 0.215 e. The maximum absolute atomic E-state index is 9.54. The van der Waals surface area contributed by atoms with Crippen LogP contribution in [0.5, 0.6) is 5.88 Å². The summed E-state index contributed by atoms with van der Waals surface area (Å²) < 4.78 is 5.02. The quantitative estimate of drug-likeness (QED) is 0.773. The molecule has 0 aliphatic rings. The number of methoxy groups -OCH3 is 1. The lowest BCUT2D eigenvalue weighted by Crippen LogP contribution is -1.99. The number of hydrogen-bond donors (Lipinski definition) is 1. The summed E-state index contributed by atoms with van der Waals surface area (Å²) in [6.45, 7) is 3.85. The minimum atomic E-state index is -0.419. The van der Waals surface area contributed by atoms with Gasteiger partial charge in [-0.15, -0.1) is 0 Å². The van der Waals surface area contributed by atoms with Crippen LogP contribution in [0.15, 0.2) is 12.3 Å². The van der Waals surface area contributed by atoms with Crippen molar-refractivity contribution in [1.29, 1.82) is 0 Å². The van der Waals surface area contributed by atoms with E-state index in [1.54, 1.807) is 13.3 Å². The van der Waals surface area contributed by atoms with Gasteiger partial charge in [0, 0.05) is 11.8 Å². The molecule has 3 nitrogen and oxygen atoms in total. The summed E-state index contributed by atoms with van der Waals surface area (Å²) in [7, 11) is 1.59. The molecule has 1 aromatic heterocycles. The number of aryl methyl sites for hydroxylation is 1. The molecular weight excluding hydrogens is 166 g/mol. The SMILES string of the molecule is CC[C@@H](O)c1cnc(OC)c(C)c1. The van der Waals surface area contributed by atoms with Crippen LogP contribution >= 0.6 is 0 Å². The molecule has 0 unspecified atom stereocenters. The molecule has 1 aromatic rings. The highest BCUT2D eigenvalue weighted by Crippen LogP contribution is 2.20. The smallest absolute Gasteiger partial charge is 0.215 e. The third kappa shape index (κ3) is 2.18. The van der Waals surface area contributed by atoms with E-state index in [2.05, 4.69) is 4.98 Å². The Morgan fingerprint density at radius 2 is 2.31 bits per heavy atom. The van der Waals surface area contributed by atoms with Gasteiger partial charge < -0.3 is 9.84 Å². The topological polar surface area (TPSA) is 42.4 Å². The Bertz CT molecular complexity index is 286. The van der Waals surface area contributed by atoms with Gasteiger partial charge in [-0.25, -0.2) is 4.98 Å². The van der Waals surface area contributed by atoms with Crippen molar-refractivity contribution in [2.75, 3.05) is 7.11 Å². The standard InChI is InChI=1S/C10H15NO2/c1-4-9(12)8-5-7(2)10(13-3)11-6-8/h5-6,9,12H,4H2,1-3H3/t9-/m1/s1. The Morgan fingerprint density at radius 3 is 2.77 bits per heavy atom. The third-order valence-electron chi connectivity index (χ3n) is 2.02. The molecule has 3 heteroatoms. The molecule has 0 radical (unpaired) electrons. The van der Waals surface area contributed by atoms with Crippen LogP contribution in [0, 0.1) is 6.92 Å². The van der Waals surface area contributed by atoms with Crippen LogP contribution < -0.4 is 4.74 Å². The van der Waals surface area contributed by atoms with E-state index in [4.69, 9.17) is 4.74 Å². The van der Waals surface area contributed by atoms with Crippen LogP contribution in [0.4, 0.5) is 0 Å². The van der Waals surface area contributed by atoms with Crippen molar-refractivity contribution >= 4 is 0 Å². The van der Waals surface area contributed by atoms with Gasteiger partial charge in [-0.2, -0.15) is 0 Å². The first-order valence-electron chi connectivity index (χ1n) is 4.37. The highest BCUT2D eigenvalue weighted by atomic mass is 16.5. The van der Waals surface area contributed by atoms with Crippen molar-refractivity contribution in [2.45, 2.75) is 26.4 Å². The van der Waals surface area contributed by atoms with Gasteiger partial charge in [0.2, 0.25) is 5.88 Å². The van der Waals surface area contributed by atoms with Crippen molar-refractivity contribution in [2.24, 2.45) is 0 Å². The molecule has 0 fully saturated rings. The molecule has 1 N–H and O–H groups in total. The van der Waals surface area contributed by atoms with Gasteiger partial charge in [0.15, 0.2) is 0 Å². The number of aliphatic hydroxyl groups excluding tert-OH is 1. The largest absolute Gasteiger partial charge is 0.481 e. The fourth-order valence-electron chi connectivity index (χ4n) is 1.22. The molecule has 0 aliphatic heterocycles. The van der Waals surface area contributed by atoms with Gasteiger partial charge >= 0.3 is 0 Å². The molecule has 0 saturated heterocycles. The van der Waals surface area contributed by atoms with Gasteiger partial charge in [0.25, 0.3) is 0 Å². The maximum atomic E-state index is 9.54. The van der Waals surface area contributed by atoms with E-state index >= 15 is 0 Å². The number of hydrogen-bond acceptors (Lipinski definition) is 3. The Hall–Kier alpha value is -1.09. The first-order valence-corrected chi connectivity index (χ1v) is 4.37. The van der Waals surface area contributed by atoms with Crippen molar-refractivity contribution in [3.63, 3.8) is 0 Å². The summed E-state index contributed by atoms with van der Waals surface area (Å²) in [5, 5.41) is 9.54. The predicted octanol–water partition coefficient (Wildman–Crippen LogP) is 1.84. The second-order valence-electron chi connectivity index (χ2n) is 3.02. The third-order valence-corrected chi connectivity index (χ3v) is 2.02. The second-order valence-corrected chi connectivity index (χ2v) is 3.02.